The fraction of sp³-hybridized carbons (Fsp3) is 0.242. The van der Waals surface area contributed by atoms with Crippen molar-refractivity contribution < 1.29 is 14.3 Å². The predicted molar refractivity (Wildman–Crippen MR) is 148 cm³/mol. The van der Waals surface area contributed by atoms with E-state index in [0.29, 0.717) is 24.9 Å². The molecule has 1 amide bonds. The number of nitrogens with zero attached hydrogens (tertiary/aromatic N) is 1. The van der Waals surface area contributed by atoms with Crippen LogP contribution in [0.4, 0.5) is 11.4 Å². The van der Waals surface area contributed by atoms with Gasteiger partial charge in [0.2, 0.25) is 5.91 Å². The zero-order chi connectivity index (χ0) is 25.2. The Bertz CT molecular complexity index is 1400. The normalized spacial score (nSPS) is 15.8. The van der Waals surface area contributed by atoms with Crippen LogP contribution in [0.3, 0.4) is 0 Å². The van der Waals surface area contributed by atoms with E-state index in [2.05, 4.69) is 55.5 Å². The van der Waals surface area contributed by atoms with Crippen LogP contribution in [0.5, 0.6) is 5.75 Å². The first-order valence-electron chi connectivity index (χ1n) is 13.1. The minimum atomic E-state index is 0.0892. The maximum Gasteiger partial charge on any atom is 0.236 e. The first kappa shape index (κ1) is 23.5. The highest BCUT2D eigenvalue weighted by molar-refractivity contribution is 6.09. The van der Waals surface area contributed by atoms with Gasteiger partial charge in [0.1, 0.15) is 5.75 Å². The minimum absolute atomic E-state index is 0.0892. The van der Waals surface area contributed by atoms with Crippen LogP contribution in [-0.2, 0) is 16.0 Å². The van der Waals surface area contributed by atoms with Crippen molar-refractivity contribution >= 4 is 17.3 Å². The smallest absolute Gasteiger partial charge is 0.236 e. The molecule has 37 heavy (non-hydrogen) atoms. The van der Waals surface area contributed by atoms with Crippen molar-refractivity contribution in [2.75, 3.05) is 24.7 Å². The van der Waals surface area contributed by atoms with Crippen molar-refractivity contribution in [3.63, 3.8) is 0 Å². The third-order valence-electron chi connectivity index (χ3n) is 7.67. The number of carbonyl (C=O) groups is 1. The molecular weight excluding hydrogens is 458 g/mol. The third kappa shape index (κ3) is 4.42. The topological polar surface area (TPSA) is 38.8 Å². The molecule has 0 N–H and O–H groups in total. The molecule has 4 heteroatoms. The van der Waals surface area contributed by atoms with E-state index in [-0.39, 0.29) is 5.91 Å². The molecule has 0 aliphatic carbocycles. The highest BCUT2D eigenvalue weighted by Crippen LogP contribution is 2.46. The molecule has 2 heterocycles. The van der Waals surface area contributed by atoms with Crippen LogP contribution in [-0.4, -0.2) is 25.7 Å². The molecule has 1 saturated heterocycles. The van der Waals surface area contributed by atoms with Crippen LogP contribution in [0, 0.1) is 11.8 Å². The number of rotatable bonds is 8. The number of fused-ring (bicyclic) bond motifs is 1. The summed E-state index contributed by atoms with van der Waals surface area (Å²) in [4.78, 5) is 15.1. The summed E-state index contributed by atoms with van der Waals surface area (Å²) in [6, 6.07) is 32.8. The standard InChI is InChI=1S/C33H31NO3/c1-2-23(25-20-36-21-25)22-37-33-27(24-11-5-3-6-12-24)15-9-17-29(33)28-16-10-18-31-30(28)19-32(35)34(31)26-13-7-4-8-14-26/h3-18,23,25H,2,19-22H2,1H3. The van der Waals surface area contributed by atoms with Crippen molar-refractivity contribution in [1.29, 1.82) is 0 Å². The first-order valence-corrected chi connectivity index (χ1v) is 13.1. The van der Waals surface area contributed by atoms with Gasteiger partial charge in [0.15, 0.2) is 0 Å². The van der Waals surface area contributed by atoms with E-state index >= 15 is 0 Å². The summed E-state index contributed by atoms with van der Waals surface area (Å²) in [7, 11) is 0. The molecule has 0 bridgehead atoms. The number of amides is 1. The molecule has 4 nitrogen and oxygen atoms in total. The van der Waals surface area contributed by atoms with E-state index < -0.39 is 0 Å². The maximum absolute atomic E-state index is 13.2. The molecular formula is C33H31NO3. The highest BCUT2D eigenvalue weighted by atomic mass is 16.5. The van der Waals surface area contributed by atoms with Crippen molar-refractivity contribution in [2.45, 2.75) is 19.8 Å². The Morgan fingerprint density at radius 2 is 1.51 bits per heavy atom. The van der Waals surface area contributed by atoms with Crippen LogP contribution in [0.15, 0.2) is 97.1 Å². The molecule has 2 aliphatic rings. The van der Waals surface area contributed by atoms with Gasteiger partial charge in [-0.2, -0.15) is 0 Å². The van der Waals surface area contributed by atoms with Gasteiger partial charge in [-0.25, -0.2) is 0 Å². The highest BCUT2D eigenvalue weighted by Gasteiger charge is 2.32. The molecule has 0 radical (unpaired) electrons. The lowest BCUT2D eigenvalue weighted by atomic mass is 9.89. The van der Waals surface area contributed by atoms with Crippen LogP contribution in [0.25, 0.3) is 22.3 Å². The average molecular weight is 490 g/mol. The molecule has 4 aromatic carbocycles. The lowest BCUT2D eigenvalue weighted by Crippen LogP contribution is -2.36. The Kier molecular flexibility index (Phi) is 6.50. The second kappa shape index (κ2) is 10.2. The first-order chi connectivity index (χ1) is 18.2. The van der Waals surface area contributed by atoms with Gasteiger partial charge in [-0.15, -0.1) is 0 Å². The molecule has 0 aromatic heterocycles. The Morgan fingerprint density at radius 1 is 0.838 bits per heavy atom. The Balaban J connectivity index is 1.45. The van der Waals surface area contributed by atoms with Crippen molar-refractivity contribution in [3.05, 3.63) is 103 Å². The molecule has 4 aromatic rings. The predicted octanol–water partition coefficient (Wildman–Crippen LogP) is 7.29. The molecule has 0 spiro atoms. The summed E-state index contributed by atoms with van der Waals surface area (Å²) in [6.45, 7) is 4.51. The number of benzene rings is 4. The number of hydrogen-bond donors (Lipinski definition) is 0. The number of ether oxygens (including phenoxy) is 2. The monoisotopic (exact) mass is 489 g/mol. The van der Waals surface area contributed by atoms with E-state index in [1.54, 1.807) is 0 Å². The molecule has 6 rings (SSSR count). The molecule has 1 atom stereocenters. The average Bonchev–Trinajstić information content (AvgIpc) is 3.26. The summed E-state index contributed by atoms with van der Waals surface area (Å²) in [5.41, 5.74) is 7.16. The summed E-state index contributed by atoms with van der Waals surface area (Å²) >= 11 is 0. The van der Waals surface area contributed by atoms with E-state index in [0.717, 1.165) is 64.6 Å². The lowest BCUT2D eigenvalue weighted by Gasteiger charge is -2.33. The van der Waals surface area contributed by atoms with E-state index in [4.69, 9.17) is 9.47 Å². The fourth-order valence-corrected chi connectivity index (χ4v) is 5.50. The second-order valence-electron chi connectivity index (χ2n) is 9.87. The van der Waals surface area contributed by atoms with Crippen molar-refractivity contribution in [3.8, 4) is 28.0 Å². The van der Waals surface area contributed by atoms with Gasteiger partial charge in [-0.05, 0) is 47.2 Å². The zero-order valence-electron chi connectivity index (χ0n) is 21.1. The molecule has 2 aliphatic heterocycles. The van der Waals surface area contributed by atoms with Crippen molar-refractivity contribution in [1.82, 2.24) is 0 Å². The van der Waals surface area contributed by atoms with Crippen molar-refractivity contribution in [2.24, 2.45) is 11.8 Å². The van der Waals surface area contributed by atoms with Gasteiger partial charge < -0.3 is 9.47 Å². The van der Waals surface area contributed by atoms with E-state index in [9.17, 15) is 4.79 Å². The molecule has 186 valence electrons. The zero-order valence-corrected chi connectivity index (χ0v) is 21.1. The summed E-state index contributed by atoms with van der Waals surface area (Å²) in [5, 5.41) is 0. The van der Waals surface area contributed by atoms with Crippen LogP contribution >= 0.6 is 0 Å². The number of carbonyl (C=O) groups excluding carboxylic acids is 1. The number of para-hydroxylation sites is 2. The molecule has 0 saturated carbocycles. The SMILES string of the molecule is CCC(COc1c(-c2ccccc2)cccc1-c1cccc2c1CC(=O)N2c1ccccc1)C1COC1. The number of hydrogen-bond acceptors (Lipinski definition) is 3. The summed E-state index contributed by atoms with van der Waals surface area (Å²) in [5.74, 6) is 1.97. The molecule has 1 fully saturated rings. The quantitative estimate of drug-likeness (QED) is 0.261. The second-order valence-corrected chi connectivity index (χ2v) is 9.87. The lowest BCUT2D eigenvalue weighted by molar-refractivity contribution is -0.116. The number of anilines is 2. The fourth-order valence-electron chi connectivity index (χ4n) is 5.50. The minimum Gasteiger partial charge on any atom is -0.492 e. The van der Waals surface area contributed by atoms with Gasteiger partial charge in [0, 0.05) is 22.7 Å². The maximum atomic E-state index is 13.2. The van der Waals surface area contributed by atoms with Crippen LogP contribution in [0.2, 0.25) is 0 Å². The van der Waals surface area contributed by atoms with Crippen LogP contribution < -0.4 is 9.64 Å². The van der Waals surface area contributed by atoms with E-state index in [1.165, 1.54) is 0 Å². The Morgan fingerprint density at radius 3 is 2.22 bits per heavy atom. The van der Waals surface area contributed by atoms with Gasteiger partial charge >= 0.3 is 0 Å². The van der Waals surface area contributed by atoms with Gasteiger partial charge in [0.25, 0.3) is 0 Å². The van der Waals surface area contributed by atoms with Gasteiger partial charge in [-0.1, -0.05) is 85.8 Å². The van der Waals surface area contributed by atoms with Gasteiger partial charge in [0.05, 0.1) is 31.9 Å². The summed E-state index contributed by atoms with van der Waals surface area (Å²) < 4.78 is 12.2. The summed E-state index contributed by atoms with van der Waals surface area (Å²) in [6.07, 6.45) is 1.42. The van der Waals surface area contributed by atoms with E-state index in [1.807, 2.05) is 53.4 Å². The Labute approximate surface area is 218 Å². The molecule has 1 unspecified atom stereocenters. The third-order valence-corrected chi connectivity index (χ3v) is 7.67. The van der Waals surface area contributed by atoms with Crippen LogP contribution in [0.1, 0.15) is 18.9 Å². The van der Waals surface area contributed by atoms with Gasteiger partial charge in [-0.3, -0.25) is 9.69 Å². The Hall–Kier alpha value is -3.89. The largest absolute Gasteiger partial charge is 0.492 e.